The summed E-state index contributed by atoms with van der Waals surface area (Å²) in [5.74, 6) is 0.937. The van der Waals surface area contributed by atoms with Crippen LogP contribution >= 0.6 is 39.1 Å². The van der Waals surface area contributed by atoms with Crippen LogP contribution in [-0.2, 0) is 6.42 Å². The Morgan fingerprint density at radius 1 is 1.24 bits per heavy atom. The predicted octanol–water partition coefficient (Wildman–Crippen LogP) is 7.30. The van der Waals surface area contributed by atoms with E-state index in [1.165, 1.54) is 50.5 Å². The molecule has 2 rings (SSSR count). The maximum Gasteiger partial charge on any atom is 0.0624 e. The Morgan fingerprint density at radius 3 is 2.57 bits per heavy atom. The normalized spacial score (nSPS) is 26.0. The summed E-state index contributed by atoms with van der Waals surface area (Å²) in [5.41, 5.74) is 1.56. The number of unbranched alkanes of at least 4 members (excludes halogenated alkanes) is 1. The number of rotatable bonds is 6. The molecular weight excluding hydrogens is 367 g/mol. The smallest absolute Gasteiger partial charge is 0.0624 e. The van der Waals surface area contributed by atoms with Gasteiger partial charge in [0.1, 0.15) is 0 Å². The van der Waals surface area contributed by atoms with Gasteiger partial charge in [-0.05, 0) is 55.1 Å². The summed E-state index contributed by atoms with van der Waals surface area (Å²) in [5, 5.41) is 2.48. The second-order valence-corrected chi connectivity index (χ2v) is 7.95. The summed E-state index contributed by atoms with van der Waals surface area (Å²) in [4.78, 5) is 0. The standard InChI is InChI=1S/C18H25BrCl2/c1-2-3-5-14-8-10-18(13-19,11-9-14)12-15-6-4-7-16(20)17(15)21/h4,6-7,14H,2-3,5,8-13H2,1H3. The third kappa shape index (κ3) is 4.62. The molecule has 0 N–H and O–H groups in total. The molecule has 0 atom stereocenters. The molecule has 0 unspecified atom stereocenters. The van der Waals surface area contributed by atoms with E-state index >= 15 is 0 Å². The molecule has 1 aromatic carbocycles. The van der Waals surface area contributed by atoms with Crippen LogP contribution in [0.1, 0.15) is 57.4 Å². The van der Waals surface area contributed by atoms with Crippen LogP contribution in [0.4, 0.5) is 0 Å². The molecule has 0 saturated heterocycles. The van der Waals surface area contributed by atoms with Crippen LogP contribution in [0, 0.1) is 11.3 Å². The van der Waals surface area contributed by atoms with Crippen LogP contribution in [0.3, 0.4) is 0 Å². The van der Waals surface area contributed by atoms with Gasteiger partial charge < -0.3 is 0 Å². The maximum atomic E-state index is 6.38. The highest BCUT2D eigenvalue weighted by Crippen LogP contribution is 2.45. The molecule has 1 aliphatic rings. The van der Waals surface area contributed by atoms with Crippen molar-refractivity contribution in [3.8, 4) is 0 Å². The fraction of sp³-hybridized carbons (Fsp3) is 0.667. The van der Waals surface area contributed by atoms with Crippen molar-refractivity contribution in [1.82, 2.24) is 0 Å². The third-order valence-electron chi connectivity index (χ3n) is 5.01. The molecule has 0 bridgehead atoms. The molecule has 0 radical (unpaired) electrons. The lowest BCUT2D eigenvalue weighted by Gasteiger charge is -2.39. The first kappa shape index (κ1) is 17.6. The van der Waals surface area contributed by atoms with Gasteiger partial charge in [-0.2, -0.15) is 0 Å². The minimum atomic E-state index is 0.358. The number of halogens is 3. The van der Waals surface area contributed by atoms with Gasteiger partial charge in [0, 0.05) is 5.33 Å². The number of benzene rings is 1. The largest absolute Gasteiger partial charge is 0.0922 e. The molecule has 0 spiro atoms. The zero-order chi connectivity index (χ0) is 15.3. The van der Waals surface area contributed by atoms with Crippen molar-refractivity contribution in [2.75, 3.05) is 5.33 Å². The molecule has 1 saturated carbocycles. The van der Waals surface area contributed by atoms with Crippen LogP contribution in [0.5, 0.6) is 0 Å². The zero-order valence-corrected chi connectivity index (χ0v) is 15.9. The number of hydrogen-bond donors (Lipinski definition) is 0. The molecule has 3 heteroatoms. The fourth-order valence-electron chi connectivity index (χ4n) is 3.52. The average molecular weight is 392 g/mol. The first-order valence-electron chi connectivity index (χ1n) is 8.09. The van der Waals surface area contributed by atoms with E-state index in [0.29, 0.717) is 10.4 Å². The molecule has 1 aromatic rings. The molecular formula is C18H25BrCl2. The van der Waals surface area contributed by atoms with Gasteiger partial charge in [0.05, 0.1) is 10.0 Å². The van der Waals surface area contributed by atoms with Crippen LogP contribution in [0.25, 0.3) is 0 Å². The molecule has 1 aliphatic carbocycles. The van der Waals surface area contributed by atoms with Gasteiger partial charge in [0.2, 0.25) is 0 Å². The average Bonchev–Trinajstić information content (AvgIpc) is 2.51. The summed E-state index contributed by atoms with van der Waals surface area (Å²) >= 11 is 16.3. The van der Waals surface area contributed by atoms with Gasteiger partial charge >= 0.3 is 0 Å². The van der Waals surface area contributed by atoms with Crippen molar-refractivity contribution in [3.63, 3.8) is 0 Å². The molecule has 0 nitrogen and oxygen atoms in total. The van der Waals surface area contributed by atoms with Crippen LogP contribution in [0.15, 0.2) is 18.2 Å². The van der Waals surface area contributed by atoms with Crippen LogP contribution in [0.2, 0.25) is 10.0 Å². The van der Waals surface area contributed by atoms with Crippen molar-refractivity contribution < 1.29 is 0 Å². The van der Waals surface area contributed by atoms with Gasteiger partial charge in [0.15, 0.2) is 0 Å². The number of hydrogen-bond acceptors (Lipinski definition) is 0. The van der Waals surface area contributed by atoms with E-state index in [1.807, 2.05) is 12.1 Å². The monoisotopic (exact) mass is 390 g/mol. The van der Waals surface area contributed by atoms with E-state index in [4.69, 9.17) is 23.2 Å². The Balaban J connectivity index is 2.01. The summed E-state index contributed by atoms with van der Waals surface area (Å²) in [7, 11) is 0. The molecule has 118 valence electrons. The van der Waals surface area contributed by atoms with E-state index in [2.05, 4.69) is 28.9 Å². The Morgan fingerprint density at radius 2 is 1.95 bits per heavy atom. The third-order valence-corrected chi connectivity index (χ3v) is 7.06. The van der Waals surface area contributed by atoms with E-state index in [0.717, 1.165) is 22.7 Å². The van der Waals surface area contributed by atoms with E-state index in [-0.39, 0.29) is 0 Å². The van der Waals surface area contributed by atoms with Crippen molar-refractivity contribution in [3.05, 3.63) is 33.8 Å². The van der Waals surface area contributed by atoms with Gasteiger partial charge in [-0.25, -0.2) is 0 Å². The first-order valence-corrected chi connectivity index (χ1v) is 9.97. The molecule has 1 fully saturated rings. The van der Waals surface area contributed by atoms with E-state index < -0.39 is 0 Å². The fourth-order valence-corrected chi connectivity index (χ4v) is 4.66. The van der Waals surface area contributed by atoms with Crippen LogP contribution in [-0.4, -0.2) is 5.33 Å². The lowest BCUT2D eigenvalue weighted by atomic mass is 9.68. The van der Waals surface area contributed by atoms with Gasteiger partial charge in [-0.3, -0.25) is 0 Å². The highest BCUT2D eigenvalue weighted by atomic mass is 79.9. The maximum absolute atomic E-state index is 6.38. The quantitative estimate of drug-likeness (QED) is 0.446. The van der Waals surface area contributed by atoms with Gasteiger partial charge in [-0.15, -0.1) is 0 Å². The molecule has 21 heavy (non-hydrogen) atoms. The Kier molecular flexibility index (Phi) is 6.90. The first-order chi connectivity index (χ1) is 10.1. The molecule has 0 aliphatic heterocycles. The summed E-state index contributed by atoms with van der Waals surface area (Å²) in [6.07, 6.45) is 10.5. The van der Waals surface area contributed by atoms with E-state index in [1.54, 1.807) is 0 Å². The minimum absolute atomic E-state index is 0.358. The predicted molar refractivity (Wildman–Crippen MR) is 97.9 cm³/mol. The highest BCUT2D eigenvalue weighted by molar-refractivity contribution is 9.09. The molecule has 0 heterocycles. The lowest BCUT2D eigenvalue weighted by Crippen LogP contribution is -2.31. The zero-order valence-electron chi connectivity index (χ0n) is 12.8. The van der Waals surface area contributed by atoms with Crippen molar-refractivity contribution >= 4 is 39.1 Å². The molecule has 0 amide bonds. The Bertz CT molecular complexity index is 451. The second kappa shape index (κ2) is 8.22. The highest BCUT2D eigenvalue weighted by Gasteiger charge is 2.34. The molecule has 0 aromatic heterocycles. The van der Waals surface area contributed by atoms with E-state index in [9.17, 15) is 0 Å². The SMILES string of the molecule is CCCCC1CCC(CBr)(Cc2cccc(Cl)c2Cl)CC1. The summed E-state index contributed by atoms with van der Waals surface area (Å²) < 4.78 is 0. The van der Waals surface area contributed by atoms with Crippen LogP contribution < -0.4 is 0 Å². The summed E-state index contributed by atoms with van der Waals surface area (Å²) in [6.45, 7) is 2.28. The topological polar surface area (TPSA) is 0 Å². The van der Waals surface area contributed by atoms with Gasteiger partial charge in [0.25, 0.3) is 0 Å². The van der Waals surface area contributed by atoms with Crippen molar-refractivity contribution in [2.24, 2.45) is 11.3 Å². The minimum Gasteiger partial charge on any atom is -0.0922 e. The second-order valence-electron chi connectivity index (χ2n) is 6.61. The Labute approximate surface area is 147 Å². The lowest BCUT2D eigenvalue weighted by molar-refractivity contribution is 0.169. The Hall–Kier alpha value is 0.280. The number of alkyl halides is 1. The van der Waals surface area contributed by atoms with Crippen molar-refractivity contribution in [1.29, 1.82) is 0 Å². The van der Waals surface area contributed by atoms with Gasteiger partial charge in [-0.1, -0.05) is 77.5 Å². The van der Waals surface area contributed by atoms with Crippen molar-refractivity contribution in [2.45, 2.75) is 58.3 Å². The summed E-state index contributed by atoms with van der Waals surface area (Å²) in [6, 6.07) is 6.01.